The Labute approximate surface area is 152 Å². The first-order chi connectivity index (χ1) is 12.0. The van der Waals surface area contributed by atoms with Gasteiger partial charge in [-0.25, -0.2) is 0 Å². The summed E-state index contributed by atoms with van der Waals surface area (Å²) in [4.78, 5) is 1.46. The molecule has 1 aromatic heterocycles. The van der Waals surface area contributed by atoms with Crippen LogP contribution in [0.5, 0.6) is 0 Å². The van der Waals surface area contributed by atoms with Gasteiger partial charge in [0.05, 0.1) is 17.2 Å². The van der Waals surface area contributed by atoms with Crippen molar-refractivity contribution in [2.75, 3.05) is 31.2 Å². The van der Waals surface area contributed by atoms with Crippen LogP contribution >= 0.6 is 0 Å². The molecule has 1 aromatic rings. The molecule has 2 heterocycles. The van der Waals surface area contributed by atoms with Gasteiger partial charge in [-0.3, -0.25) is 9.58 Å². The van der Waals surface area contributed by atoms with Crippen molar-refractivity contribution in [3.8, 4) is 0 Å². The van der Waals surface area contributed by atoms with E-state index in [4.69, 9.17) is 4.74 Å². The number of rotatable bonds is 9. The summed E-state index contributed by atoms with van der Waals surface area (Å²) in [7, 11) is -9.48. The molecule has 0 spiro atoms. The molecule has 1 aliphatic rings. The molecule has 0 bridgehead atoms. The first-order valence-corrected chi connectivity index (χ1v) is 11.3. The van der Waals surface area contributed by atoms with E-state index in [0.29, 0.717) is 13.0 Å². The largest absolute Gasteiger partial charge is 0.370 e. The van der Waals surface area contributed by atoms with Crippen LogP contribution in [0.1, 0.15) is 38.1 Å². The number of ether oxygens (including phenoxy) is 1. The van der Waals surface area contributed by atoms with Crippen molar-refractivity contribution in [3.63, 3.8) is 0 Å². The zero-order chi connectivity index (χ0) is 19.5. The lowest BCUT2D eigenvalue weighted by molar-refractivity contribution is 0.0571. The van der Waals surface area contributed by atoms with E-state index in [1.165, 1.54) is 4.90 Å². The number of hydrogen-bond acceptors (Lipinski definition) is 7. The van der Waals surface area contributed by atoms with Gasteiger partial charge in [0.15, 0.2) is 0 Å². The maximum atomic E-state index is 13.0. The molecule has 0 unspecified atom stereocenters. The average molecular weight is 415 g/mol. The third-order valence-electron chi connectivity index (χ3n) is 4.26. The molecule has 0 aliphatic carbocycles. The molecular weight excluding hydrogens is 392 g/mol. The third-order valence-corrected chi connectivity index (χ3v) is 5.60. The van der Waals surface area contributed by atoms with Crippen LogP contribution in [0.4, 0.5) is 7.77 Å². The van der Waals surface area contributed by atoms with Crippen molar-refractivity contribution < 1.29 is 29.3 Å². The summed E-state index contributed by atoms with van der Waals surface area (Å²) in [5.41, 5.74) is 0.749. The van der Waals surface area contributed by atoms with Gasteiger partial charge in [0.25, 0.3) is 0 Å². The summed E-state index contributed by atoms with van der Waals surface area (Å²) in [6.45, 7) is 3.72. The van der Waals surface area contributed by atoms with Crippen molar-refractivity contribution in [3.05, 3.63) is 18.0 Å². The number of hydrogen-bond donors (Lipinski definition) is 0. The van der Waals surface area contributed by atoms with Crippen molar-refractivity contribution in [2.45, 2.75) is 38.5 Å². The van der Waals surface area contributed by atoms with Crippen LogP contribution in [0.15, 0.2) is 12.3 Å². The summed E-state index contributed by atoms with van der Waals surface area (Å²) in [5, 5.41) is 4.23. The number of halogens is 2. The van der Waals surface area contributed by atoms with Gasteiger partial charge in [-0.05, 0) is 26.3 Å². The fourth-order valence-electron chi connectivity index (χ4n) is 3.11. The van der Waals surface area contributed by atoms with Crippen LogP contribution in [0.2, 0.25) is 0 Å². The van der Waals surface area contributed by atoms with Gasteiger partial charge < -0.3 is 4.74 Å². The summed E-state index contributed by atoms with van der Waals surface area (Å²) < 4.78 is 76.9. The molecule has 12 heteroatoms. The lowest BCUT2D eigenvalue weighted by Gasteiger charge is -2.31. The fraction of sp³-hybridized carbons (Fsp3) is 0.786. The highest BCUT2D eigenvalue weighted by Gasteiger charge is 2.37. The highest BCUT2D eigenvalue weighted by molar-refractivity contribution is 7.86. The Morgan fingerprint density at radius 1 is 1.23 bits per heavy atom. The van der Waals surface area contributed by atoms with Crippen molar-refractivity contribution in [1.29, 1.82) is 0 Å². The van der Waals surface area contributed by atoms with Gasteiger partial charge >= 0.3 is 20.4 Å². The zero-order valence-corrected chi connectivity index (χ0v) is 16.2. The monoisotopic (exact) mass is 415 g/mol. The molecule has 1 saturated heterocycles. The Morgan fingerprint density at radius 3 is 2.31 bits per heavy atom. The van der Waals surface area contributed by atoms with E-state index in [1.54, 1.807) is 16.9 Å². The highest BCUT2D eigenvalue weighted by Crippen LogP contribution is 2.33. The predicted octanol–water partition coefficient (Wildman–Crippen LogP) is 1.19. The van der Waals surface area contributed by atoms with Gasteiger partial charge in [0, 0.05) is 38.0 Å². The molecule has 8 nitrogen and oxygen atoms in total. The molecule has 0 radical (unpaired) electrons. The minimum absolute atomic E-state index is 0.0516. The highest BCUT2D eigenvalue weighted by atomic mass is 32.3. The Hall–Kier alpha value is -1.11. The van der Waals surface area contributed by atoms with E-state index in [-0.39, 0.29) is 19.1 Å². The van der Waals surface area contributed by atoms with Crippen LogP contribution in [-0.4, -0.2) is 68.8 Å². The van der Waals surface area contributed by atoms with E-state index in [1.807, 2.05) is 13.8 Å². The molecule has 2 atom stereocenters. The van der Waals surface area contributed by atoms with Crippen molar-refractivity contribution in [1.82, 2.24) is 14.7 Å². The number of aromatic nitrogens is 2. The summed E-state index contributed by atoms with van der Waals surface area (Å²) in [6.07, 6.45) is 1.59. The molecule has 0 N–H and O–H groups in total. The Balaban J connectivity index is 2.24. The molecule has 0 saturated carbocycles. The molecule has 26 heavy (non-hydrogen) atoms. The first-order valence-electron chi connectivity index (χ1n) is 8.21. The summed E-state index contributed by atoms with van der Waals surface area (Å²) >= 11 is 0. The van der Waals surface area contributed by atoms with Gasteiger partial charge in [0.2, 0.25) is 0 Å². The van der Waals surface area contributed by atoms with Crippen LogP contribution in [-0.2, 0) is 25.2 Å². The van der Waals surface area contributed by atoms with E-state index < -0.39 is 44.1 Å². The van der Waals surface area contributed by atoms with Crippen molar-refractivity contribution in [2.24, 2.45) is 0 Å². The van der Waals surface area contributed by atoms with Crippen LogP contribution in [0.25, 0.3) is 0 Å². The minimum atomic E-state index is -4.74. The Morgan fingerprint density at radius 2 is 1.81 bits per heavy atom. The standard InChI is InChI=1S/C14H23F2N3O5S2/c1-11(2)19-13(3-5-17-19)14-12(4-8-24-14)18(6-9-25(15,20)21)7-10-26(16,22)23/h3,5,11-12,14H,4,6-10H2,1-2H3/t12-,14-/m1/s1. The normalized spacial score (nSPS) is 21.8. The average Bonchev–Trinajstić information content (AvgIpc) is 3.13. The van der Waals surface area contributed by atoms with E-state index in [9.17, 15) is 24.6 Å². The van der Waals surface area contributed by atoms with Gasteiger partial charge in [-0.1, -0.05) is 0 Å². The van der Waals surface area contributed by atoms with E-state index in [0.717, 1.165) is 5.69 Å². The van der Waals surface area contributed by atoms with Crippen LogP contribution in [0.3, 0.4) is 0 Å². The smallest absolute Gasteiger partial charge is 0.303 e. The Kier molecular flexibility index (Phi) is 6.75. The molecule has 2 rings (SSSR count). The van der Waals surface area contributed by atoms with Gasteiger partial charge in [0.1, 0.15) is 6.10 Å². The Bertz CT molecular complexity index is 774. The van der Waals surface area contributed by atoms with E-state index >= 15 is 0 Å². The number of nitrogens with zero attached hydrogens (tertiary/aromatic N) is 3. The fourth-order valence-corrected chi connectivity index (χ4v) is 4.02. The molecular formula is C14H23F2N3O5S2. The topological polar surface area (TPSA) is 98.6 Å². The van der Waals surface area contributed by atoms with Gasteiger partial charge in [-0.2, -0.15) is 21.9 Å². The van der Waals surface area contributed by atoms with Gasteiger partial charge in [-0.15, -0.1) is 7.77 Å². The molecule has 0 amide bonds. The lowest BCUT2D eigenvalue weighted by Crippen LogP contribution is -2.42. The van der Waals surface area contributed by atoms with E-state index in [2.05, 4.69) is 5.10 Å². The quantitative estimate of drug-likeness (QED) is 0.559. The zero-order valence-electron chi connectivity index (χ0n) is 14.6. The molecule has 1 aliphatic heterocycles. The van der Waals surface area contributed by atoms with Crippen molar-refractivity contribution >= 4 is 20.4 Å². The second-order valence-corrected chi connectivity index (χ2v) is 9.44. The maximum Gasteiger partial charge on any atom is 0.303 e. The molecule has 0 aromatic carbocycles. The summed E-state index contributed by atoms with van der Waals surface area (Å²) in [6, 6.07) is 1.40. The second-order valence-electron chi connectivity index (χ2n) is 6.46. The lowest BCUT2D eigenvalue weighted by atomic mass is 10.1. The summed E-state index contributed by atoms with van der Waals surface area (Å²) in [5.74, 6) is -1.60. The predicted molar refractivity (Wildman–Crippen MR) is 91.1 cm³/mol. The molecule has 150 valence electrons. The first kappa shape index (κ1) is 21.2. The third kappa shape index (κ3) is 5.96. The van der Waals surface area contributed by atoms with Crippen LogP contribution in [0, 0.1) is 0 Å². The second kappa shape index (κ2) is 8.28. The maximum absolute atomic E-state index is 13.0. The minimum Gasteiger partial charge on any atom is -0.370 e. The van der Waals surface area contributed by atoms with Crippen LogP contribution < -0.4 is 0 Å². The molecule has 1 fully saturated rings. The SMILES string of the molecule is CC(C)n1nccc1[C@@H]1OCC[C@H]1N(CCS(=O)(=O)F)CCS(=O)(=O)F.